The number of fused-ring (bicyclic) bond motifs is 2. The maximum absolute atomic E-state index is 15.5. The van der Waals surface area contributed by atoms with Crippen molar-refractivity contribution in [2.24, 2.45) is 4.99 Å². The van der Waals surface area contributed by atoms with Gasteiger partial charge in [0.25, 0.3) is 12.3 Å². The van der Waals surface area contributed by atoms with Gasteiger partial charge in [-0.25, -0.2) is 31.6 Å². The molecule has 1 saturated heterocycles. The van der Waals surface area contributed by atoms with E-state index in [4.69, 9.17) is 10.2 Å². The van der Waals surface area contributed by atoms with Crippen LogP contribution in [0.25, 0.3) is 27.7 Å². The van der Waals surface area contributed by atoms with Crippen molar-refractivity contribution in [1.29, 1.82) is 0 Å². The number of nitrogens with one attached hydrogen (secondary N) is 1. The van der Waals surface area contributed by atoms with Gasteiger partial charge in [0.05, 0.1) is 32.3 Å². The summed E-state index contributed by atoms with van der Waals surface area (Å²) >= 11 is 0. The number of hydrogen-bond donors (Lipinski definition) is 1. The van der Waals surface area contributed by atoms with Crippen molar-refractivity contribution >= 4 is 22.5 Å². The van der Waals surface area contributed by atoms with Crippen molar-refractivity contribution < 1.29 is 37.0 Å². The number of carbonyl (C=O) groups excluding carboxylic acids is 1. The molecule has 1 N–H and O–H groups in total. The van der Waals surface area contributed by atoms with Gasteiger partial charge in [0.15, 0.2) is 5.82 Å². The highest BCUT2D eigenvalue weighted by molar-refractivity contribution is 5.89. The molecule has 15 heteroatoms. The highest BCUT2D eigenvalue weighted by Crippen LogP contribution is 2.34. The lowest BCUT2D eigenvalue weighted by molar-refractivity contribution is -0.141. The normalized spacial score (nSPS) is 20.2. The standard InChI is InChI=1S/C22H21F5N8O2/c1-11(36)33-6-5-16(22(26,27)10-33)28-21-29-20(37-2)19-18(13(23)8-35(19)31-21)12-3-4-14-15(7-12)34(32-30-14)9-17(24)25/h3-4,7-8,16-17H,5-6,9-10H2,1-2H3,(H,28,31)/t16-/m1/s1/i1D3,8D. The van der Waals surface area contributed by atoms with Crippen LogP contribution in [-0.4, -0.2) is 79.0 Å². The second-order valence-corrected chi connectivity index (χ2v) is 8.33. The van der Waals surface area contributed by atoms with Crippen LogP contribution in [0.5, 0.6) is 5.88 Å². The molecule has 37 heavy (non-hydrogen) atoms. The van der Waals surface area contributed by atoms with Gasteiger partial charge in [-0.15, -0.1) is 5.10 Å². The van der Waals surface area contributed by atoms with Gasteiger partial charge in [0.1, 0.15) is 23.6 Å². The summed E-state index contributed by atoms with van der Waals surface area (Å²) in [7, 11) is 1.18. The van der Waals surface area contributed by atoms with Gasteiger partial charge < -0.3 is 9.64 Å². The number of rotatable bonds is 5. The third kappa shape index (κ3) is 4.49. The zero-order chi connectivity index (χ0) is 29.9. The third-order valence-electron chi connectivity index (χ3n) is 5.95. The van der Waals surface area contributed by atoms with Crippen LogP contribution >= 0.6 is 0 Å². The fourth-order valence-corrected chi connectivity index (χ4v) is 4.24. The summed E-state index contributed by atoms with van der Waals surface area (Å²) in [5, 5.41) is 10.0. The van der Waals surface area contributed by atoms with Crippen LogP contribution in [0.1, 0.15) is 18.8 Å². The first kappa shape index (κ1) is 20.1. The number of aromatic nitrogens is 6. The fourth-order valence-electron chi connectivity index (χ4n) is 4.24. The molecule has 3 aromatic heterocycles. The van der Waals surface area contributed by atoms with E-state index in [2.05, 4.69) is 25.4 Å². The quantitative estimate of drug-likeness (QED) is 0.401. The van der Waals surface area contributed by atoms with Crippen LogP contribution in [-0.2, 0) is 11.3 Å². The Morgan fingerprint density at radius 2 is 2.24 bits per heavy atom. The molecule has 1 amide bonds. The van der Waals surface area contributed by atoms with E-state index in [9.17, 15) is 22.4 Å². The van der Waals surface area contributed by atoms with Crippen LogP contribution in [0.3, 0.4) is 0 Å². The Balaban J connectivity index is 1.58. The highest BCUT2D eigenvalue weighted by Gasteiger charge is 2.45. The topological polar surface area (TPSA) is 106 Å². The number of methoxy groups -OCH3 is 1. The van der Waals surface area contributed by atoms with Crippen LogP contribution in [0.2, 0.25) is 0 Å². The first-order valence-corrected chi connectivity index (χ1v) is 10.9. The zero-order valence-electron chi connectivity index (χ0n) is 23.1. The SMILES string of the molecule is [2H]c1c(F)c(-c2ccc3nnn(CC(F)F)c3c2)c2c(OC)nc(=N[C@@H]3CCN(C(=O)C([2H])([2H])[2H])CC3(F)F)[nH]n12. The Morgan fingerprint density at radius 3 is 2.95 bits per heavy atom. The van der Waals surface area contributed by atoms with Gasteiger partial charge in [-0.3, -0.25) is 14.4 Å². The van der Waals surface area contributed by atoms with E-state index >= 15 is 4.39 Å². The smallest absolute Gasteiger partial charge is 0.287 e. The summed E-state index contributed by atoms with van der Waals surface area (Å²) in [5.74, 6) is -6.36. The summed E-state index contributed by atoms with van der Waals surface area (Å²) in [4.78, 5) is 20.5. The number of amides is 1. The highest BCUT2D eigenvalue weighted by atomic mass is 19.3. The van der Waals surface area contributed by atoms with Gasteiger partial charge >= 0.3 is 0 Å². The van der Waals surface area contributed by atoms with Crippen molar-refractivity contribution in [2.45, 2.75) is 38.2 Å². The molecule has 196 valence electrons. The van der Waals surface area contributed by atoms with E-state index in [1.807, 2.05) is 0 Å². The third-order valence-corrected chi connectivity index (χ3v) is 5.95. The molecular weight excluding hydrogens is 503 g/mol. The number of H-pyrrole nitrogens is 1. The summed E-state index contributed by atoms with van der Waals surface area (Å²) in [6, 6.07) is 2.51. The number of aromatic amines is 1. The van der Waals surface area contributed by atoms with E-state index in [1.54, 1.807) is 0 Å². The Hall–Kier alpha value is -4.04. The molecule has 4 heterocycles. The van der Waals surface area contributed by atoms with Gasteiger partial charge in [-0.2, -0.15) is 4.98 Å². The van der Waals surface area contributed by atoms with E-state index in [0.717, 1.165) is 9.20 Å². The minimum atomic E-state index is -3.63. The Kier molecular flexibility index (Phi) is 4.95. The Morgan fingerprint density at radius 1 is 1.43 bits per heavy atom. The van der Waals surface area contributed by atoms with Crippen molar-refractivity contribution in [3.8, 4) is 17.0 Å². The molecule has 4 aromatic rings. The first-order chi connectivity index (χ1) is 19.2. The molecule has 0 saturated carbocycles. The fraction of sp³-hybridized carbons (Fsp3) is 0.409. The van der Waals surface area contributed by atoms with E-state index in [-0.39, 0.29) is 40.1 Å². The van der Waals surface area contributed by atoms with Gasteiger partial charge in [-0.05, 0) is 24.1 Å². The molecule has 0 radical (unpaired) electrons. The number of nitrogens with zero attached hydrogens (tertiary/aromatic N) is 7. The number of piperidine rings is 1. The lowest BCUT2D eigenvalue weighted by Gasteiger charge is -2.35. The minimum Gasteiger partial charge on any atom is -0.479 e. The molecule has 1 atom stereocenters. The molecule has 1 aliphatic rings. The maximum Gasteiger partial charge on any atom is 0.287 e. The zero-order valence-corrected chi connectivity index (χ0v) is 19.1. The second kappa shape index (κ2) is 9.12. The van der Waals surface area contributed by atoms with Crippen molar-refractivity contribution in [3.05, 3.63) is 35.8 Å². The number of benzene rings is 1. The Labute approximate surface area is 211 Å². The number of carbonyl (C=O) groups is 1. The molecule has 10 nitrogen and oxygen atoms in total. The van der Waals surface area contributed by atoms with E-state index in [0.29, 0.717) is 4.90 Å². The van der Waals surface area contributed by atoms with Crippen LogP contribution in [0.15, 0.2) is 29.4 Å². The molecule has 0 aliphatic carbocycles. The van der Waals surface area contributed by atoms with Crippen LogP contribution in [0, 0.1) is 5.82 Å². The number of hydrogen-bond acceptors (Lipinski definition) is 6. The molecular formula is C22H21F5N8O2. The van der Waals surface area contributed by atoms with Crippen molar-refractivity contribution in [2.75, 3.05) is 20.2 Å². The number of alkyl halides is 4. The monoisotopic (exact) mass is 528 g/mol. The number of likely N-dealkylation sites (tertiary alicyclic amines) is 1. The summed E-state index contributed by atoms with van der Waals surface area (Å²) < 4.78 is 108. The lowest BCUT2D eigenvalue weighted by Crippen LogP contribution is -2.52. The molecule has 1 aromatic carbocycles. The molecule has 1 aliphatic heterocycles. The minimum absolute atomic E-state index is 0.0916. The average Bonchev–Trinajstić information content (AvgIpc) is 3.40. The van der Waals surface area contributed by atoms with Gasteiger partial charge in [0.2, 0.25) is 17.4 Å². The predicted molar refractivity (Wildman–Crippen MR) is 120 cm³/mol. The summed E-state index contributed by atoms with van der Waals surface area (Å²) in [6.45, 7) is -5.30. The van der Waals surface area contributed by atoms with Gasteiger partial charge in [-0.1, -0.05) is 11.3 Å². The van der Waals surface area contributed by atoms with Gasteiger partial charge in [0, 0.05) is 17.5 Å². The lowest BCUT2D eigenvalue weighted by atomic mass is 10.0. The van der Waals surface area contributed by atoms with Crippen molar-refractivity contribution in [1.82, 2.24) is 34.5 Å². The maximum atomic E-state index is 15.5. The van der Waals surface area contributed by atoms with E-state index < -0.39 is 68.3 Å². The molecule has 1 fully saturated rings. The molecule has 5 rings (SSSR count). The van der Waals surface area contributed by atoms with Crippen LogP contribution < -0.4 is 10.4 Å². The number of ether oxygens (including phenoxy) is 1. The first-order valence-electron chi connectivity index (χ1n) is 12.9. The largest absolute Gasteiger partial charge is 0.479 e. The van der Waals surface area contributed by atoms with Crippen LogP contribution in [0.4, 0.5) is 22.0 Å². The second-order valence-electron chi connectivity index (χ2n) is 8.33. The summed E-state index contributed by atoms with van der Waals surface area (Å²) in [5.41, 5.74) is -0.114. The van der Waals surface area contributed by atoms with Crippen molar-refractivity contribution in [3.63, 3.8) is 0 Å². The molecule has 0 unspecified atom stereocenters. The van der Waals surface area contributed by atoms with E-state index in [1.165, 1.54) is 25.3 Å². The summed E-state index contributed by atoms with van der Waals surface area (Å²) in [6.07, 6.45) is -3.85. The Bertz CT molecular complexity index is 1720. The average molecular weight is 528 g/mol. The molecule has 0 bridgehead atoms. The predicted octanol–water partition coefficient (Wildman–Crippen LogP) is 2.64. The number of halogens is 5. The molecule has 0 spiro atoms.